The Hall–Kier alpha value is -2.19. The van der Waals surface area contributed by atoms with E-state index in [2.05, 4.69) is 0 Å². The van der Waals surface area contributed by atoms with Crippen LogP contribution in [0.4, 0.5) is 5.69 Å². The second-order valence-electron chi connectivity index (χ2n) is 4.62. The van der Waals surface area contributed by atoms with Gasteiger partial charge in [0.05, 0.1) is 21.6 Å². The molecule has 0 radical (unpaired) electrons. The highest BCUT2D eigenvalue weighted by Gasteiger charge is 2.40. The van der Waals surface area contributed by atoms with Gasteiger partial charge in [0.25, 0.3) is 11.6 Å². The molecule has 8 nitrogen and oxygen atoms in total. The minimum absolute atomic E-state index is 0.0175. The number of carboxylic acids is 1. The van der Waals surface area contributed by atoms with Gasteiger partial charge in [0.1, 0.15) is 6.04 Å². The van der Waals surface area contributed by atoms with Crippen LogP contribution in [0.15, 0.2) is 18.2 Å². The molecule has 2 N–H and O–H groups in total. The highest BCUT2D eigenvalue weighted by molar-refractivity contribution is 6.34. The Morgan fingerprint density at radius 2 is 2.10 bits per heavy atom. The number of carbonyl (C=O) groups excluding carboxylic acids is 1. The quantitative estimate of drug-likeness (QED) is 0.631. The zero-order chi connectivity index (χ0) is 15.7. The van der Waals surface area contributed by atoms with Crippen molar-refractivity contribution < 1.29 is 24.7 Å². The highest BCUT2D eigenvalue weighted by Crippen LogP contribution is 2.27. The van der Waals surface area contributed by atoms with Crippen LogP contribution in [0.25, 0.3) is 0 Å². The number of benzene rings is 1. The van der Waals surface area contributed by atoms with Crippen molar-refractivity contribution in [2.75, 3.05) is 6.54 Å². The Bertz CT molecular complexity index is 620. The van der Waals surface area contributed by atoms with E-state index in [9.17, 15) is 24.8 Å². The van der Waals surface area contributed by atoms with Gasteiger partial charge in [0.2, 0.25) is 0 Å². The maximum atomic E-state index is 12.3. The van der Waals surface area contributed by atoms with Gasteiger partial charge in [0, 0.05) is 25.1 Å². The highest BCUT2D eigenvalue weighted by atomic mass is 35.5. The van der Waals surface area contributed by atoms with Crippen LogP contribution in [0.1, 0.15) is 16.8 Å². The molecule has 1 aromatic rings. The molecule has 21 heavy (non-hydrogen) atoms. The lowest BCUT2D eigenvalue weighted by atomic mass is 10.1. The average molecular weight is 315 g/mol. The molecule has 1 saturated heterocycles. The number of aliphatic hydroxyl groups excluding tert-OH is 1. The first-order valence-corrected chi connectivity index (χ1v) is 6.35. The number of nitro benzene ring substituents is 1. The van der Waals surface area contributed by atoms with E-state index < -0.39 is 28.9 Å². The molecule has 1 amide bonds. The first-order chi connectivity index (χ1) is 9.81. The number of aliphatic hydroxyl groups is 1. The number of hydrogen-bond donors (Lipinski definition) is 2. The molecule has 1 aliphatic rings. The predicted molar refractivity (Wildman–Crippen MR) is 71.2 cm³/mol. The lowest BCUT2D eigenvalue weighted by Crippen LogP contribution is -2.40. The molecule has 1 unspecified atom stereocenters. The third kappa shape index (κ3) is 2.96. The maximum Gasteiger partial charge on any atom is 0.326 e. The van der Waals surface area contributed by atoms with Gasteiger partial charge in [-0.2, -0.15) is 0 Å². The minimum Gasteiger partial charge on any atom is -0.480 e. The summed E-state index contributed by atoms with van der Waals surface area (Å²) in [7, 11) is 0. The fraction of sp³-hybridized carbons (Fsp3) is 0.333. The number of hydrogen-bond acceptors (Lipinski definition) is 5. The summed E-state index contributed by atoms with van der Waals surface area (Å²) in [6, 6.07) is 2.17. The summed E-state index contributed by atoms with van der Waals surface area (Å²) >= 11 is 5.86. The second kappa shape index (κ2) is 5.66. The van der Waals surface area contributed by atoms with E-state index in [1.165, 1.54) is 6.07 Å². The van der Waals surface area contributed by atoms with E-state index in [4.69, 9.17) is 16.7 Å². The van der Waals surface area contributed by atoms with E-state index in [-0.39, 0.29) is 29.2 Å². The molecule has 0 spiro atoms. The van der Waals surface area contributed by atoms with Gasteiger partial charge in [-0.25, -0.2) is 4.79 Å². The van der Waals surface area contributed by atoms with Gasteiger partial charge < -0.3 is 15.1 Å². The van der Waals surface area contributed by atoms with Crippen molar-refractivity contribution in [3.63, 3.8) is 0 Å². The Morgan fingerprint density at radius 1 is 1.43 bits per heavy atom. The summed E-state index contributed by atoms with van der Waals surface area (Å²) in [5.74, 6) is -2.01. The van der Waals surface area contributed by atoms with Gasteiger partial charge >= 0.3 is 5.97 Å². The van der Waals surface area contributed by atoms with E-state index in [1.807, 2.05) is 0 Å². The van der Waals surface area contributed by atoms with Crippen molar-refractivity contribution in [2.24, 2.45) is 0 Å². The van der Waals surface area contributed by atoms with Gasteiger partial charge in [0.15, 0.2) is 0 Å². The van der Waals surface area contributed by atoms with Crippen LogP contribution in [0.2, 0.25) is 5.02 Å². The van der Waals surface area contributed by atoms with Crippen LogP contribution in [-0.2, 0) is 4.79 Å². The monoisotopic (exact) mass is 314 g/mol. The van der Waals surface area contributed by atoms with Gasteiger partial charge in [-0.3, -0.25) is 14.9 Å². The van der Waals surface area contributed by atoms with E-state index in [1.54, 1.807) is 0 Å². The summed E-state index contributed by atoms with van der Waals surface area (Å²) in [4.78, 5) is 34.5. The fourth-order valence-corrected chi connectivity index (χ4v) is 2.42. The summed E-state index contributed by atoms with van der Waals surface area (Å²) in [6.07, 6.45) is -1.04. The molecule has 2 atom stereocenters. The van der Waals surface area contributed by atoms with Crippen molar-refractivity contribution in [3.8, 4) is 0 Å². The van der Waals surface area contributed by atoms with E-state index in [0.717, 1.165) is 17.0 Å². The Balaban J connectivity index is 2.37. The number of carboxylic acid groups (broad SMARTS) is 1. The largest absolute Gasteiger partial charge is 0.480 e. The number of non-ortho nitro benzene ring substituents is 1. The van der Waals surface area contributed by atoms with E-state index >= 15 is 0 Å². The Morgan fingerprint density at radius 3 is 2.67 bits per heavy atom. The summed E-state index contributed by atoms with van der Waals surface area (Å²) < 4.78 is 0. The standard InChI is InChI=1S/C12H11ClN2O6/c13-9-2-1-6(15(20)21)3-8(9)11(17)14-5-7(16)4-10(14)12(18)19/h1-3,7,10,16H,4-5H2,(H,18,19)/t7?,10-/m0/s1. The number of β-amino-alcohol motifs (C(OH)–C–C–N with tert-alkyl or cyclic N) is 1. The number of rotatable bonds is 3. The molecule has 112 valence electrons. The van der Waals surface area contributed by atoms with Gasteiger partial charge in [-0.15, -0.1) is 0 Å². The fourth-order valence-electron chi connectivity index (χ4n) is 2.22. The molecule has 1 fully saturated rings. The van der Waals surface area contributed by atoms with Crippen molar-refractivity contribution >= 4 is 29.2 Å². The van der Waals surface area contributed by atoms with Crippen LogP contribution in [0.3, 0.4) is 0 Å². The van der Waals surface area contributed by atoms with E-state index in [0.29, 0.717) is 0 Å². The summed E-state index contributed by atoms with van der Waals surface area (Å²) in [5.41, 5.74) is -0.486. The number of likely N-dealkylation sites (tertiary alicyclic amines) is 1. The smallest absolute Gasteiger partial charge is 0.326 e. The molecular weight excluding hydrogens is 304 g/mol. The molecule has 0 aliphatic carbocycles. The third-order valence-corrected chi connectivity index (χ3v) is 3.55. The van der Waals surface area contributed by atoms with Crippen LogP contribution in [0, 0.1) is 10.1 Å². The van der Waals surface area contributed by atoms with Crippen molar-refractivity contribution in [2.45, 2.75) is 18.6 Å². The number of aliphatic carboxylic acids is 1. The predicted octanol–water partition coefficient (Wildman–Crippen LogP) is 0.908. The number of halogens is 1. The number of nitro groups is 1. The molecule has 2 rings (SSSR count). The second-order valence-corrected chi connectivity index (χ2v) is 5.03. The topological polar surface area (TPSA) is 121 Å². The van der Waals surface area contributed by atoms with Crippen molar-refractivity contribution in [1.82, 2.24) is 4.90 Å². The van der Waals surface area contributed by atoms with Crippen LogP contribution in [0.5, 0.6) is 0 Å². The average Bonchev–Trinajstić information content (AvgIpc) is 2.80. The maximum absolute atomic E-state index is 12.3. The zero-order valence-corrected chi connectivity index (χ0v) is 11.4. The molecule has 0 aromatic heterocycles. The van der Waals surface area contributed by atoms with Crippen LogP contribution >= 0.6 is 11.6 Å². The number of amides is 1. The Labute approximate surface area is 123 Å². The lowest BCUT2D eigenvalue weighted by Gasteiger charge is -2.21. The first-order valence-electron chi connectivity index (χ1n) is 5.97. The van der Waals surface area contributed by atoms with Crippen LogP contribution < -0.4 is 0 Å². The third-order valence-electron chi connectivity index (χ3n) is 3.22. The number of nitrogens with zero attached hydrogens (tertiary/aromatic N) is 2. The molecule has 1 aliphatic heterocycles. The van der Waals surface area contributed by atoms with Crippen molar-refractivity contribution in [1.29, 1.82) is 0 Å². The van der Waals surface area contributed by atoms with Gasteiger partial charge in [-0.05, 0) is 6.07 Å². The molecule has 1 heterocycles. The summed E-state index contributed by atoms with van der Waals surface area (Å²) in [6.45, 7) is -0.158. The molecule has 1 aromatic carbocycles. The normalized spacial score (nSPS) is 21.3. The molecular formula is C12H11ClN2O6. The Kier molecular flexibility index (Phi) is 4.10. The summed E-state index contributed by atoms with van der Waals surface area (Å²) in [5, 5.41) is 29.3. The lowest BCUT2D eigenvalue weighted by molar-refractivity contribution is -0.384. The SMILES string of the molecule is O=C(O)[C@@H]1CC(O)CN1C(=O)c1cc([N+](=O)[O-])ccc1Cl. The minimum atomic E-state index is -1.25. The molecule has 9 heteroatoms. The molecule has 0 bridgehead atoms. The van der Waals surface area contributed by atoms with Gasteiger partial charge in [-0.1, -0.05) is 11.6 Å². The molecule has 0 saturated carbocycles. The van der Waals surface area contributed by atoms with Crippen molar-refractivity contribution in [3.05, 3.63) is 38.9 Å². The van der Waals surface area contributed by atoms with Crippen LogP contribution in [-0.4, -0.2) is 50.6 Å². The first kappa shape index (κ1) is 15.2. The zero-order valence-electron chi connectivity index (χ0n) is 10.6. The number of carbonyl (C=O) groups is 2.